The lowest BCUT2D eigenvalue weighted by Crippen LogP contribution is -2.44. The van der Waals surface area contributed by atoms with Crippen LogP contribution in [0.25, 0.3) is 0 Å². The molecule has 0 spiro atoms. The van der Waals surface area contributed by atoms with Gasteiger partial charge < -0.3 is 5.73 Å². The molecule has 7 nitrogen and oxygen atoms in total. The van der Waals surface area contributed by atoms with Gasteiger partial charge in [0.2, 0.25) is 10.0 Å². The first-order valence-electron chi connectivity index (χ1n) is 9.35. The highest BCUT2D eigenvalue weighted by Crippen LogP contribution is 2.28. The molecule has 0 amide bonds. The van der Waals surface area contributed by atoms with Gasteiger partial charge in [-0.1, -0.05) is 55.5 Å². The molecule has 1 unspecified atom stereocenters. The van der Waals surface area contributed by atoms with Gasteiger partial charge >= 0.3 is 0 Å². The maximum absolute atomic E-state index is 13.0. The fourth-order valence-electron chi connectivity index (χ4n) is 3.38. The maximum atomic E-state index is 13.0. The highest BCUT2D eigenvalue weighted by atomic mass is 32.2. The SMILES string of the molecule is CC1C=CC=C([C@H](NS(=O)(=O)c2ccc(S(=O)(=O)O)cc2)[C@@H](N)c2ccccc2)C1. The van der Waals surface area contributed by atoms with Crippen molar-refractivity contribution in [2.75, 3.05) is 0 Å². The predicted octanol–water partition coefficient (Wildman–Crippen LogP) is 2.80. The number of allylic oxidation sites excluding steroid dienone is 3. The molecule has 0 saturated heterocycles. The molecular weight excluding hydrogens is 424 g/mol. The molecule has 30 heavy (non-hydrogen) atoms. The Balaban J connectivity index is 1.95. The molecular formula is C21H24N2O5S2. The molecule has 9 heteroatoms. The van der Waals surface area contributed by atoms with Crippen LogP contribution in [0.4, 0.5) is 0 Å². The van der Waals surface area contributed by atoms with E-state index in [0.29, 0.717) is 6.42 Å². The number of benzene rings is 2. The lowest BCUT2D eigenvalue weighted by Gasteiger charge is -2.30. The minimum Gasteiger partial charge on any atom is -0.322 e. The van der Waals surface area contributed by atoms with Crippen LogP contribution in [0, 0.1) is 5.92 Å². The second kappa shape index (κ2) is 8.83. The summed E-state index contributed by atoms with van der Waals surface area (Å²) in [5.41, 5.74) is 8.13. The summed E-state index contributed by atoms with van der Waals surface area (Å²) < 4.78 is 60.3. The van der Waals surface area contributed by atoms with E-state index in [1.807, 2.05) is 55.5 Å². The first kappa shape index (κ1) is 22.4. The molecule has 3 atom stereocenters. The standard InChI is InChI=1S/C21H24N2O5S2/c1-15-6-5-9-17(14-15)21(20(22)16-7-3-2-4-8-16)23-29(24,25)18-10-12-19(13-11-18)30(26,27)28/h2-13,15,20-21,23H,14,22H2,1H3,(H,26,27,28)/t15?,20-,21-/m0/s1. The molecule has 0 aromatic heterocycles. The van der Waals surface area contributed by atoms with Crippen LogP contribution in [0.1, 0.15) is 24.9 Å². The number of hydrogen-bond acceptors (Lipinski definition) is 5. The number of hydrogen-bond donors (Lipinski definition) is 3. The Kier molecular flexibility index (Phi) is 6.59. The Bertz CT molecular complexity index is 1160. The fourth-order valence-corrected chi connectivity index (χ4v) is 5.12. The maximum Gasteiger partial charge on any atom is 0.294 e. The van der Waals surface area contributed by atoms with Gasteiger partial charge in [-0.15, -0.1) is 0 Å². The van der Waals surface area contributed by atoms with Gasteiger partial charge in [-0.3, -0.25) is 4.55 Å². The summed E-state index contributed by atoms with van der Waals surface area (Å²) in [6.45, 7) is 2.04. The first-order chi connectivity index (χ1) is 14.1. The summed E-state index contributed by atoms with van der Waals surface area (Å²) in [7, 11) is -8.43. The average molecular weight is 449 g/mol. The van der Waals surface area contributed by atoms with E-state index in [2.05, 4.69) is 4.72 Å². The predicted molar refractivity (Wildman–Crippen MR) is 115 cm³/mol. The Morgan fingerprint density at radius 2 is 1.60 bits per heavy atom. The molecule has 2 aromatic carbocycles. The zero-order chi connectivity index (χ0) is 21.9. The van der Waals surface area contributed by atoms with Crippen LogP contribution >= 0.6 is 0 Å². The van der Waals surface area contributed by atoms with Gasteiger partial charge in [0.05, 0.1) is 15.8 Å². The summed E-state index contributed by atoms with van der Waals surface area (Å²) >= 11 is 0. The molecule has 4 N–H and O–H groups in total. The van der Waals surface area contributed by atoms with E-state index in [1.165, 1.54) is 0 Å². The van der Waals surface area contributed by atoms with E-state index in [-0.39, 0.29) is 15.7 Å². The van der Waals surface area contributed by atoms with Gasteiger partial charge in [0.15, 0.2) is 0 Å². The third kappa shape index (κ3) is 5.24. The molecule has 1 aliphatic carbocycles. The van der Waals surface area contributed by atoms with Crippen molar-refractivity contribution in [3.8, 4) is 0 Å². The zero-order valence-electron chi connectivity index (χ0n) is 16.3. The normalized spacial score (nSPS) is 19.2. The smallest absolute Gasteiger partial charge is 0.294 e. The second-order valence-electron chi connectivity index (χ2n) is 7.29. The van der Waals surface area contributed by atoms with Crippen molar-refractivity contribution in [3.63, 3.8) is 0 Å². The second-order valence-corrected chi connectivity index (χ2v) is 10.4. The van der Waals surface area contributed by atoms with Crippen molar-refractivity contribution in [2.45, 2.75) is 35.2 Å². The Hall–Kier alpha value is -2.30. The molecule has 0 fully saturated rings. The summed E-state index contributed by atoms with van der Waals surface area (Å²) in [4.78, 5) is -0.506. The van der Waals surface area contributed by atoms with E-state index in [0.717, 1.165) is 35.4 Å². The van der Waals surface area contributed by atoms with E-state index >= 15 is 0 Å². The van der Waals surface area contributed by atoms with E-state index in [9.17, 15) is 16.8 Å². The number of rotatable bonds is 7. The minimum atomic E-state index is -4.41. The number of sulfonamides is 1. The molecule has 0 radical (unpaired) electrons. The highest BCUT2D eigenvalue weighted by molar-refractivity contribution is 7.89. The quantitative estimate of drug-likeness (QED) is 0.559. The third-order valence-electron chi connectivity index (χ3n) is 4.96. The lowest BCUT2D eigenvalue weighted by atomic mass is 9.86. The Morgan fingerprint density at radius 1 is 1.00 bits per heavy atom. The summed E-state index contributed by atoms with van der Waals surface area (Å²) in [6, 6.07) is 12.3. The third-order valence-corrected chi connectivity index (χ3v) is 7.29. The van der Waals surface area contributed by atoms with Gasteiger partial charge in [0.1, 0.15) is 0 Å². The molecule has 0 aliphatic heterocycles. The van der Waals surface area contributed by atoms with Crippen molar-refractivity contribution in [1.29, 1.82) is 0 Å². The van der Waals surface area contributed by atoms with Crippen LogP contribution in [0.5, 0.6) is 0 Å². The van der Waals surface area contributed by atoms with Crippen LogP contribution in [0.15, 0.2) is 88.2 Å². The van der Waals surface area contributed by atoms with Crippen LogP contribution in [0.2, 0.25) is 0 Å². The number of nitrogens with one attached hydrogen (secondary N) is 1. The van der Waals surface area contributed by atoms with Crippen LogP contribution in [0.3, 0.4) is 0 Å². The lowest BCUT2D eigenvalue weighted by molar-refractivity contribution is 0.483. The molecule has 0 heterocycles. The Morgan fingerprint density at radius 3 is 2.17 bits per heavy atom. The summed E-state index contributed by atoms with van der Waals surface area (Å²) in [6.07, 6.45) is 6.46. The van der Waals surface area contributed by atoms with Crippen molar-refractivity contribution in [1.82, 2.24) is 4.72 Å². The summed E-state index contributed by atoms with van der Waals surface area (Å²) in [5.74, 6) is 0.244. The minimum absolute atomic E-state index is 0.125. The largest absolute Gasteiger partial charge is 0.322 e. The van der Waals surface area contributed by atoms with E-state index in [1.54, 1.807) is 0 Å². The Labute approximate surface area is 177 Å². The van der Waals surface area contributed by atoms with Gasteiger partial charge in [0.25, 0.3) is 10.1 Å². The molecule has 0 bridgehead atoms. The molecule has 3 rings (SSSR count). The van der Waals surface area contributed by atoms with Gasteiger partial charge in [-0.05, 0) is 47.7 Å². The topological polar surface area (TPSA) is 127 Å². The summed E-state index contributed by atoms with van der Waals surface area (Å²) in [5, 5.41) is 0. The van der Waals surface area contributed by atoms with Crippen LogP contribution in [-0.2, 0) is 20.1 Å². The fraction of sp³-hybridized carbons (Fsp3) is 0.238. The van der Waals surface area contributed by atoms with Crippen molar-refractivity contribution < 1.29 is 21.4 Å². The van der Waals surface area contributed by atoms with Crippen molar-refractivity contribution in [2.24, 2.45) is 11.7 Å². The highest BCUT2D eigenvalue weighted by Gasteiger charge is 2.30. The zero-order valence-corrected chi connectivity index (χ0v) is 18.0. The number of nitrogens with two attached hydrogens (primary N) is 1. The van der Waals surface area contributed by atoms with Gasteiger partial charge in [-0.2, -0.15) is 8.42 Å². The van der Waals surface area contributed by atoms with Crippen LogP contribution in [-0.4, -0.2) is 27.4 Å². The van der Waals surface area contributed by atoms with Gasteiger partial charge in [-0.25, -0.2) is 13.1 Å². The van der Waals surface area contributed by atoms with E-state index in [4.69, 9.17) is 10.3 Å². The van der Waals surface area contributed by atoms with Gasteiger partial charge in [0, 0.05) is 6.04 Å². The monoisotopic (exact) mass is 448 g/mol. The first-order valence-corrected chi connectivity index (χ1v) is 12.3. The molecule has 2 aromatic rings. The molecule has 160 valence electrons. The molecule has 1 aliphatic rings. The van der Waals surface area contributed by atoms with Crippen LogP contribution < -0.4 is 10.5 Å². The van der Waals surface area contributed by atoms with Crippen molar-refractivity contribution in [3.05, 3.63) is 84.0 Å². The molecule has 0 saturated carbocycles. The average Bonchev–Trinajstić information content (AvgIpc) is 2.72. The van der Waals surface area contributed by atoms with E-state index < -0.39 is 32.2 Å². The van der Waals surface area contributed by atoms with Crippen molar-refractivity contribution >= 4 is 20.1 Å².